The number of hydrogen-bond acceptors (Lipinski definition) is 12. The van der Waals surface area contributed by atoms with Gasteiger partial charge in [-0.25, -0.2) is 0 Å². The largest absolute Gasteiger partial charge is 0.496 e. The standard InChI is InChI=1S/C105H152N4O4S4/c1-8-12-16-20-24-28-32-36-40-44-48-52-56-66-104(67-57-53-49-45-41-37-33-29-25-21-17-13-9-2)88-75-86-89(74-85(88)99-97(112-104)101-91(116-99)73-83(114-101)65-64-81-72-80-62-60-70-109-71-61-63-84(94(80)109)95(81)110-7)105(68-58-54-50-46-42-38-34-30-26-22-18-14-10-3,69-59-55-51-47-43-39-35-31-27-23-19-15-11-4)113-98-100(86)117-92-76-90(115-102(92)98)93-87(79-108)96(82(77-106)78-107)111-103(93,5)6/h64-65,72-76H,8-63,66-71H2,1-7H3/b65-64+. The average Bonchev–Trinajstić information content (AvgIpc) is 1.60. The molecule has 0 spiro atoms. The summed E-state index contributed by atoms with van der Waals surface area (Å²) in [5.41, 5.74) is 9.79. The van der Waals surface area contributed by atoms with Crippen molar-refractivity contribution in [1.29, 1.82) is 15.8 Å². The topological polar surface area (TPSA) is 112 Å². The molecule has 117 heavy (non-hydrogen) atoms. The highest BCUT2D eigenvalue weighted by molar-refractivity contribution is 7.31. The number of nitrogens with zero attached hydrogens (tertiary/aromatic N) is 4. The summed E-state index contributed by atoms with van der Waals surface area (Å²) in [4.78, 5) is 7.32. The molecule has 0 radical (unpaired) electrons. The fourth-order valence-electron chi connectivity index (χ4n) is 20.4. The Morgan fingerprint density at radius 1 is 0.436 bits per heavy atom. The highest BCUT2D eigenvalue weighted by atomic mass is 32.1. The molecule has 5 aliphatic heterocycles. The van der Waals surface area contributed by atoms with Gasteiger partial charge >= 0.3 is 0 Å². The summed E-state index contributed by atoms with van der Waals surface area (Å²) in [5, 5.41) is 31.4. The zero-order valence-electron chi connectivity index (χ0n) is 74.4. The van der Waals surface area contributed by atoms with Crippen molar-refractivity contribution >= 4 is 87.6 Å². The SMILES string of the molecule is CCCCCCCCCCCCCCCC1(CCCCCCCCCCCCCCC)Oc2c(sc3cc(/C=C/c4cc5c6c(c4OC)CCCN6CCC5)sc23)-c2cc3c(cc21)-c1sc2cc(C4=C(C#N)C(=C(C#N)C#N)OC4(C)C)sc2c1OC3(CCCCCCCCCCCCCCC)CCCCCCCCCCCCCCC. The summed E-state index contributed by atoms with van der Waals surface area (Å²) in [6, 6.07) is 19.2. The van der Waals surface area contributed by atoms with Gasteiger partial charge in [-0.15, -0.1) is 45.3 Å². The van der Waals surface area contributed by atoms with Crippen LogP contribution in [0.1, 0.15) is 452 Å². The van der Waals surface area contributed by atoms with Gasteiger partial charge in [0.1, 0.15) is 46.3 Å². The first-order chi connectivity index (χ1) is 57.5. The second-order valence-electron chi connectivity index (χ2n) is 36.7. The third kappa shape index (κ3) is 24.9. The van der Waals surface area contributed by atoms with E-state index < -0.39 is 16.8 Å². The third-order valence-electron chi connectivity index (χ3n) is 27.0. The summed E-state index contributed by atoms with van der Waals surface area (Å²) in [6.45, 7) is 15.5. The molecule has 5 aliphatic rings. The minimum atomic E-state index is -0.948. The highest BCUT2D eigenvalue weighted by Gasteiger charge is 2.49. The molecule has 11 rings (SSSR count). The van der Waals surface area contributed by atoms with Gasteiger partial charge in [0.25, 0.3) is 0 Å². The Labute approximate surface area is 726 Å². The summed E-state index contributed by atoms with van der Waals surface area (Å²) >= 11 is 7.44. The Balaban J connectivity index is 0.994. The Morgan fingerprint density at radius 3 is 1.18 bits per heavy atom. The van der Waals surface area contributed by atoms with E-state index in [2.05, 4.69) is 81.1 Å². The average molecular weight is 1660 g/mol. The summed E-state index contributed by atoms with van der Waals surface area (Å²) < 4.78 is 34.4. The second kappa shape index (κ2) is 48.9. The van der Waals surface area contributed by atoms with Crippen molar-refractivity contribution in [3.05, 3.63) is 84.8 Å². The summed E-state index contributed by atoms with van der Waals surface area (Å²) in [6.07, 6.45) is 81.8. The fraction of sp³-hybridized carbons (Fsp3) is 0.686. The maximum atomic E-state index is 11.0. The van der Waals surface area contributed by atoms with E-state index in [-0.39, 0.29) is 16.9 Å². The number of anilines is 1. The van der Waals surface area contributed by atoms with Crippen LogP contribution >= 0.6 is 45.3 Å². The molecule has 0 atom stereocenters. The van der Waals surface area contributed by atoms with Crippen LogP contribution in [0.4, 0.5) is 5.69 Å². The van der Waals surface area contributed by atoms with Gasteiger partial charge < -0.3 is 23.8 Å². The van der Waals surface area contributed by atoms with Gasteiger partial charge in [-0.3, -0.25) is 0 Å². The van der Waals surface area contributed by atoms with E-state index in [9.17, 15) is 15.8 Å². The quantitative estimate of drug-likeness (QED) is 0.0274. The first-order valence-corrected chi connectivity index (χ1v) is 52.0. The lowest BCUT2D eigenvalue weighted by Crippen LogP contribution is -2.39. The van der Waals surface area contributed by atoms with E-state index in [0.29, 0.717) is 0 Å². The molecule has 0 aliphatic carbocycles. The van der Waals surface area contributed by atoms with Crippen LogP contribution < -0.4 is 19.1 Å². The van der Waals surface area contributed by atoms with Gasteiger partial charge in [0.15, 0.2) is 22.8 Å². The van der Waals surface area contributed by atoms with Gasteiger partial charge in [-0.05, 0) is 139 Å². The smallest absolute Gasteiger partial charge is 0.172 e. The molecule has 0 unspecified atom stereocenters. The molecule has 0 saturated carbocycles. The van der Waals surface area contributed by atoms with Crippen LogP contribution in [0.5, 0.6) is 17.2 Å². The van der Waals surface area contributed by atoms with Crippen LogP contribution in [0.15, 0.2) is 47.2 Å². The van der Waals surface area contributed by atoms with E-state index in [1.165, 1.54) is 390 Å². The van der Waals surface area contributed by atoms with Crippen LogP contribution in [-0.2, 0) is 28.8 Å². The molecule has 0 N–H and O–H groups in total. The molecule has 6 aromatic rings. The zero-order chi connectivity index (χ0) is 81.9. The molecular weight excluding hydrogens is 1510 g/mol. The maximum absolute atomic E-state index is 11.0. The van der Waals surface area contributed by atoms with E-state index in [0.717, 1.165) is 114 Å². The molecule has 0 amide bonds. The monoisotopic (exact) mass is 1660 g/mol. The molecular formula is C105H152N4O4S4. The van der Waals surface area contributed by atoms with Gasteiger partial charge in [0.2, 0.25) is 0 Å². The normalized spacial score (nSPS) is 15.4. The Morgan fingerprint density at radius 2 is 0.803 bits per heavy atom. The first-order valence-electron chi connectivity index (χ1n) is 48.7. The van der Waals surface area contributed by atoms with Crippen molar-refractivity contribution in [3.8, 4) is 56.3 Å². The molecule has 0 saturated heterocycles. The first kappa shape index (κ1) is 92.2. The van der Waals surface area contributed by atoms with Crippen LogP contribution in [0, 0.1) is 34.0 Å². The van der Waals surface area contributed by atoms with Crippen molar-refractivity contribution in [2.45, 2.75) is 444 Å². The van der Waals surface area contributed by atoms with E-state index >= 15 is 0 Å². The minimum Gasteiger partial charge on any atom is -0.496 e. The predicted octanol–water partition coefficient (Wildman–Crippen LogP) is 34.9. The van der Waals surface area contributed by atoms with Gasteiger partial charge in [-0.2, -0.15) is 15.8 Å². The maximum Gasteiger partial charge on any atom is 0.172 e. The minimum absolute atomic E-state index is 0.0858. The number of rotatable bonds is 60. The Bertz CT molecular complexity index is 4180. The lowest BCUT2D eigenvalue weighted by Gasteiger charge is -2.44. The fourth-order valence-corrected chi connectivity index (χ4v) is 25.6. The third-order valence-corrected chi connectivity index (χ3v) is 31.8. The van der Waals surface area contributed by atoms with Crippen LogP contribution in [0.2, 0.25) is 0 Å². The van der Waals surface area contributed by atoms with Crippen molar-refractivity contribution in [2.75, 3.05) is 25.1 Å². The van der Waals surface area contributed by atoms with Crippen LogP contribution in [0.25, 0.3) is 57.4 Å². The lowest BCUT2D eigenvalue weighted by molar-refractivity contribution is 0.0367. The molecule has 12 heteroatoms. The zero-order valence-corrected chi connectivity index (χ0v) is 77.7. The molecule has 4 aromatic heterocycles. The number of fused-ring (bicyclic) bond motifs is 10. The molecule has 0 bridgehead atoms. The summed E-state index contributed by atoms with van der Waals surface area (Å²) in [7, 11) is 1.88. The van der Waals surface area contributed by atoms with Crippen LogP contribution in [0.3, 0.4) is 0 Å². The van der Waals surface area contributed by atoms with Crippen molar-refractivity contribution in [3.63, 3.8) is 0 Å². The molecule has 8 nitrogen and oxygen atoms in total. The summed E-state index contributed by atoms with van der Waals surface area (Å²) in [5.74, 6) is 3.25. The Kier molecular flexibility index (Phi) is 38.5. The van der Waals surface area contributed by atoms with Crippen molar-refractivity contribution < 1.29 is 18.9 Å². The number of unbranched alkanes of at least 4 members (excludes halogenated alkanes) is 48. The highest BCUT2D eigenvalue weighted by Crippen LogP contribution is 2.64. The van der Waals surface area contributed by atoms with E-state index in [1.54, 1.807) is 11.3 Å². The number of allylic oxidation sites excluding steroid dienone is 2. The van der Waals surface area contributed by atoms with E-state index in [4.69, 9.17) is 18.9 Å². The van der Waals surface area contributed by atoms with Crippen molar-refractivity contribution in [1.82, 2.24) is 0 Å². The van der Waals surface area contributed by atoms with Gasteiger partial charge in [0, 0.05) is 67.5 Å². The lowest BCUT2D eigenvalue weighted by atomic mass is 9.73. The molecule has 9 heterocycles. The van der Waals surface area contributed by atoms with Crippen molar-refractivity contribution in [2.24, 2.45) is 0 Å². The number of ether oxygens (including phenoxy) is 4. The second-order valence-corrected chi connectivity index (χ2v) is 40.9. The predicted molar refractivity (Wildman–Crippen MR) is 506 cm³/mol. The number of thiophene rings is 4. The number of benzene rings is 2. The molecule has 0 fully saturated rings. The molecule has 640 valence electrons. The number of methoxy groups -OCH3 is 1. The van der Waals surface area contributed by atoms with Crippen LogP contribution in [-0.4, -0.2) is 25.8 Å². The number of nitriles is 3. The Hall–Kier alpha value is -5.55. The van der Waals surface area contributed by atoms with Gasteiger partial charge in [-0.1, -0.05) is 336 Å². The van der Waals surface area contributed by atoms with Gasteiger partial charge in [0.05, 0.1) is 35.7 Å². The molecule has 2 aromatic carbocycles. The number of hydrogen-bond donors (Lipinski definition) is 0. The van der Waals surface area contributed by atoms with E-state index in [1.807, 2.05) is 67.1 Å². The number of aryl methyl sites for hydroxylation is 1.